The minimum Gasteiger partial charge on any atom is -0.314 e. The van der Waals surface area contributed by atoms with Gasteiger partial charge in [-0.15, -0.1) is 0 Å². The lowest BCUT2D eigenvalue weighted by Gasteiger charge is -1.96. The first-order chi connectivity index (χ1) is 3.29. The molecule has 1 fully saturated rings. The van der Waals surface area contributed by atoms with Crippen LogP contribution in [-0.4, -0.2) is 12.6 Å². The van der Waals surface area contributed by atoms with Crippen molar-refractivity contribution in [1.82, 2.24) is 5.32 Å². The van der Waals surface area contributed by atoms with Crippen LogP contribution in [0.2, 0.25) is 0 Å². The Bertz CT molecular complexity index is 53.2. The molecule has 1 rings (SSSR count). The molecular weight excluding hydrogens is 86.1 g/mol. The highest BCUT2D eigenvalue weighted by molar-refractivity contribution is 4.74. The van der Waals surface area contributed by atoms with E-state index in [2.05, 4.69) is 19.2 Å². The van der Waals surface area contributed by atoms with Crippen LogP contribution in [0.3, 0.4) is 0 Å². The highest BCUT2D eigenvalue weighted by Crippen LogP contribution is 2.10. The Morgan fingerprint density at radius 1 is 1.43 bits per heavy atom. The first-order valence-corrected chi connectivity index (χ1v) is 3.02. The van der Waals surface area contributed by atoms with E-state index in [0.29, 0.717) is 0 Å². The fourth-order valence-electron chi connectivity index (χ4n) is 1.17. The summed E-state index contributed by atoms with van der Waals surface area (Å²) in [5.74, 6) is 0.912. The molecular formula is C6H13N. The van der Waals surface area contributed by atoms with Crippen molar-refractivity contribution in [3.8, 4) is 0 Å². The molecule has 42 valence electrons. The van der Waals surface area contributed by atoms with Gasteiger partial charge in [-0.1, -0.05) is 6.92 Å². The molecule has 0 spiro atoms. The molecule has 0 amide bonds. The zero-order valence-corrected chi connectivity index (χ0v) is 5.07. The van der Waals surface area contributed by atoms with Gasteiger partial charge in [0, 0.05) is 6.04 Å². The summed E-state index contributed by atoms with van der Waals surface area (Å²) in [4.78, 5) is 0. The molecule has 0 aliphatic carbocycles. The summed E-state index contributed by atoms with van der Waals surface area (Å²) in [6, 6.07) is 0.773. The fourth-order valence-corrected chi connectivity index (χ4v) is 1.17. The van der Waals surface area contributed by atoms with Crippen molar-refractivity contribution in [2.45, 2.75) is 26.3 Å². The Hall–Kier alpha value is -0.0400. The lowest BCUT2D eigenvalue weighted by molar-refractivity contribution is 0.622. The van der Waals surface area contributed by atoms with Crippen LogP contribution in [-0.2, 0) is 0 Å². The second kappa shape index (κ2) is 1.83. The highest BCUT2D eigenvalue weighted by atomic mass is 14.9. The molecule has 1 N–H and O–H groups in total. The van der Waals surface area contributed by atoms with E-state index < -0.39 is 0 Å². The van der Waals surface area contributed by atoms with Gasteiger partial charge in [-0.05, 0) is 25.8 Å². The number of nitrogens with one attached hydrogen (secondary N) is 1. The first-order valence-electron chi connectivity index (χ1n) is 3.02. The van der Waals surface area contributed by atoms with E-state index in [1.807, 2.05) is 0 Å². The Labute approximate surface area is 45.1 Å². The molecule has 1 aliphatic rings. The molecule has 1 aliphatic heterocycles. The van der Waals surface area contributed by atoms with Crippen molar-refractivity contribution in [3.05, 3.63) is 0 Å². The summed E-state index contributed by atoms with van der Waals surface area (Å²) in [6.07, 6.45) is 1.36. The topological polar surface area (TPSA) is 12.0 Å². The van der Waals surface area contributed by atoms with Crippen molar-refractivity contribution in [1.29, 1.82) is 0 Å². The standard InChI is InChI=1S/C6H13N/c1-5-3-6(2)7-4-5/h5-7H,3-4H2,1-2H3/t5-,6?/m1/s1. The largest absolute Gasteiger partial charge is 0.314 e. The van der Waals surface area contributed by atoms with E-state index >= 15 is 0 Å². The van der Waals surface area contributed by atoms with Gasteiger partial charge in [-0.2, -0.15) is 0 Å². The van der Waals surface area contributed by atoms with Crippen molar-refractivity contribution in [2.24, 2.45) is 5.92 Å². The molecule has 1 heteroatoms. The van der Waals surface area contributed by atoms with Crippen LogP contribution in [0.1, 0.15) is 20.3 Å². The fraction of sp³-hybridized carbons (Fsp3) is 1.00. The summed E-state index contributed by atoms with van der Waals surface area (Å²) in [6.45, 7) is 5.75. The van der Waals surface area contributed by atoms with Gasteiger partial charge >= 0.3 is 0 Å². The van der Waals surface area contributed by atoms with Gasteiger partial charge < -0.3 is 5.32 Å². The predicted octanol–water partition coefficient (Wildman–Crippen LogP) is 1.00. The molecule has 7 heavy (non-hydrogen) atoms. The molecule has 0 aromatic carbocycles. The maximum atomic E-state index is 3.37. The van der Waals surface area contributed by atoms with Gasteiger partial charge in [0.25, 0.3) is 0 Å². The number of rotatable bonds is 0. The van der Waals surface area contributed by atoms with Crippen LogP contribution < -0.4 is 5.32 Å². The van der Waals surface area contributed by atoms with Gasteiger partial charge in [-0.3, -0.25) is 0 Å². The normalized spacial score (nSPS) is 42.0. The summed E-state index contributed by atoms with van der Waals surface area (Å²) < 4.78 is 0. The zero-order chi connectivity index (χ0) is 5.28. The van der Waals surface area contributed by atoms with Crippen LogP contribution in [0.4, 0.5) is 0 Å². The van der Waals surface area contributed by atoms with Gasteiger partial charge in [0.1, 0.15) is 0 Å². The summed E-state index contributed by atoms with van der Waals surface area (Å²) in [5.41, 5.74) is 0. The SMILES string of the molecule is CC1C[C@@H](C)CN1. The third-order valence-corrected chi connectivity index (χ3v) is 1.57. The van der Waals surface area contributed by atoms with Crippen LogP contribution in [0.5, 0.6) is 0 Å². The minimum atomic E-state index is 0.773. The molecule has 0 aromatic heterocycles. The Morgan fingerprint density at radius 2 is 2.14 bits per heavy atom. The molecule has 2 atom stereocenters. The smallest absolute Gasteiger partial charge is 0.00418 e. The summed E-state index contributed by atoms with van der Waals surface area (Å²) >= 11 is 0. The van der Waals surface area contributed by atoms with Crippen molar-refractivity contribution >= 4 is 0 Å². The third-order valence-electron chi connectivity index (χ3n) is 1.57. The molecule has 1 nitrogen and oxygen atoms in total. The van der Waals surface area contributed by atoms with Crippen molar-refractivity contribution in [3.63, 3.8) is 0 Å². The van der Waals surface area contributed by atoms with Gasteiger partial charge in [-0.25, -0.2) is 0 Å². The maximum absolute atomic E-state index is 3.37. The van der Waals surface area contributed by atoms with E-state index in [-0.39, 0.29) is 0 Å². The second-order valence-electron chi connectivity index (χ2n) is 2.65. The van der Waals surface area contributed by atoms with Gasteiger partial charge in [0.05, 0.1) is 0 Å². The molecule has 0 radical (unpaired) electrons. The van der Waals surface area contributed by atoms with E-state index in [1.165, 1.54) is 13.0 Å². The Morgan fingerprint density at radius 3 is 2.29 bits per heavy atom. The molecule has 1 heterocycles. The molecule has 1 saturated heterocycles. The highest BCUT2D eigenvalue weighted by Gasteiger charge is 2.14. The van der Waals surface area contributed by atoms with Crippen molar-refractivity contribution in [2.75, 3.05) is 6.54 Å². The molecule has 0 bridgehead atoms. The molecule has 0 aromatic rings. The summed E-state index contributed by atoms with van der Waals surface area (Å²) in [5, 5.41) is 3.37. The average Bonchev–Trinajstić information content (AvgIpc) is 1.87. The third kappa shape index (κ3) is 1.16. The van der Waals surface area contributed by atoms with E-state index in [1.54, 1.807) is 0 Å². The monoisotopic (exact) mass is 99.1 g/mol. The zero-order valence-electron chi connectivity index (χ0n) is 5.07. The van der Waals surface area contributed by atoms with Gasteiger partial charge in [0.2, 0.25) is 0 Å². The van der Waals surface area contributed by atoms with Crippen LogP contribution in [0, 0.1) is 5.92 Å². The van der Waals surface area contributed by atoms with Crippen molar-refractivity contribution < 1.29 is 0 Å². The van der Waals surface area contributed by atoms with Crippen LogP contribution in [0.25, 0.3) is 0 Å². The lowest BCUT2D eigenvalue weighted by atomic mass is 10.1. The van der Waals surface area contributed by atoms with E-state index in [0.717, 1.165) is 12.0 Å². The Balaban J connectivity index is 2.26. The Kier molecular flexibility index (Phi) is 1.33. The van der Waals surface area contributed by atoms with Crippen LogP contribution in [0.15, 0.2) is 0 Å². The minimum absolute atomic E-state index is 0.773. The predicted molar refractivity (Wildman–Crippen MR) is 31.2 cm³/mol. The number of hydrogen-bond acceptors (Lipinski definition) is 1. The van der Waals surface area contributed by atoms with Gasteiger partial charge in [0.15, 0.2) is 0 Å². The van der Waals surface area contributed by atoms with E-state index in [9.17, 15) is 0 Å². The first kappa shape index (κ1) is 5.10. The number of hydrogen-bond donors (Lipinski definition) is 1. The lowest BCUT2D eigenvalue weighted by Crippen LogP contribution is -2.16. The van der Waals surface area contributed by atoms with E-state index in [4.69, 9.17) is 0 Å². The molecule has 1 unspecified atom stereocenters. The second-order valence-corrected chi connectivity index (χ2v) is 2.65. The maximum Gasteiger partial charge on any atom is 0.00418 e. The summed E-state index contributed by atoms with van der Waals surface area (Å²) in [7, 11) is 0. The molecule has 0 saturated carbocycles. The average molecular weight is 99.2 g/mol. The van der Waals surface area contributed by atoms with Crippen LogP contribution >= 0.6 is 0 Å². The quantitative estimate of drug-likeness (QED) is 0.478.